The van der Waals surface area contributed by atoms with Crippen LogP contribution in [0.2, 0.25) is 6.04 Å². The minimum atomic E-state index is -2.86. The number of aliphatic hydroxyl groups is 2. The number of ether oxygens (including phenoxy) is 4. The Morgan fingerprint density at radius 2 is 1.09 bits per heavy atom. The molecule has 3 N–H and O–H groups in total. The molecule has 0 unspecified atom stereocenters. The molecule has 0 aliphatic heterocycles. The van der Waals surface area contributed by atoms with Gasteiger partial charge in [0.15, 0.2) is 11.6 Å². The number of ketones is 2. The second kappa shape index (κ2) is 20.1. The molecular formula is C39H49NO14Si. The Morgan fingerprint density at radius 1 is 0.600 bits per heavy atom. The average Bonchev–Trinajstić information content (AvgIpc) is 3.17. The molecule has 3 aromatic rings. The lowest BCUT2D eigenvalue weighted by Gasteiger charge is -2.24. The highest BCUT2D eigenvalue weighted by atomic mass is 28.4. The van der Waals surface area contributed by atoms with Crippen LogP contribution in [-0.2, 0) is 22.8 Å². The molecule has 3 rings (SSSR count). The van der Waals surface area contributed by atoms with Crippen LogP contribution in [0.4, 0.5) is 0 Å². The van der Waals surface area contributed by atoms with E-state index >= 15 is 0 Å². The molecule has 0 aromatic heterocycles. The van der Waals surface area contributed by atoms with Crippen molar-refractivity contribution in [3.63, 3.8) is 0 Å². The van der Waals surface area contributed by atoms with Gasteiger partial charge < -0.3 is 47.8 Å². The zero-order valence-corrected chi connectivity index (χ0v) is 33.1. The Bertz CT molecular complexity index is 1780. The van der Waals surface area contributed by atoms with Crippen LogP contribution in [0.5, 0.6) is 11.5 Å². The van der Waals surface area contributed by atoms with Crippen molar-refractivity contribution in [1.29, 1.82) is 0 Å². The lowest BCUT2D eigenvalue weighted by molar-refractivity contribution is 0.0446. The molecular weight excluding hydrogens is 735 g/mol. The molecule has 298 valence electrons. The van der Waals surface area contributed by atoms with E-state index in [0.717, 1.165) is 0 Å². The number of hydrogen-bond acceptors (Lipinski definition) is 14. The van der Waals surface area contributed by atoms with Crippen molar-refractivity contribution < 1.29 is 66.4 Å². The van der Waals surface area contributed by atoms with Gasteiger partial charge in [-0.2, -0.15) is 0 Å². The molecule has 0 aliphatic rings. The maximum atomic E-state index is 13.2. The Morgan fingerprint density at radius 3 is 1.60 bits per heavy atom. The number of carbonyl (C=O) groups excluding carboxylic acids is 5. The van der Waals surface area contributed by atoms with Crippen LogP contribution in [0.1, 0.15) is 85.9 Å². The molecule has 16 heteroatoms. The highest BCUT2D eigenvalue weighted by Crippen LogP contribution is 2.20. The van der Waals surface area contributed by atoms with Crippen LogP contribution in [0.15, 0.2) is 66.7 Å². The Labute approximate surface area is 321 Å². The fourth-order valence-electron chi connectivity index (χ4n) is 5.05. The summed E-state index contributed by atoms with van der Waals surface area (Å²) in [5, 5.41) is 22.7. The number of benzene rings is 3. The van der Waals surface area contributed by atoms with E-state index in [-0.39, 0.29) is 55.2 Å². The van der Waals surface area contributed by atoms with Crippen LogP contribution >= 0.6 is 0 Å². The van der Waals surface area contributed by atoms with Crippen molar-refractivity contribution in [3.8, 4) is 11.5 Å². The zero-order chi connectivity index (χ0) is 40.8. The quantitative estimate of drug-likeness (QED) is 0.0570. The predicted molar refractivity (Wildman–Crippen MR) is 201 cm³/mol. The lowest BCUT2D eigenvalue weighted by Crippen LogP contribution is -2.43. The number of hydrogen-bond donors (Lipinski definition) is 3. The first-order valence-corrected chi connectivity index (χ1v) is 19.3. The SMILES string of the molecule is CO[Si](CCCNC(=O)c1cc(C(=O)OCCOc2ccc(C(=O)C(C)(C)O)cc2)cc(C(=O)OCCOc2cccc(C(=O)C(C)(C)O)c2)c1)(OC)OC. The maximum absolute atomic E-state index is 13.2. The van der Waals surface area contributed by atoms with Crippen LogP contribution < -0.4 is 14.8 Å². The fraction of sp³-hybridized carbons (Fsp3) is 0.410. The summed E-state index contributed by atoms with van der Waals surface area (Å²) in [5.74, 6) is -2.47. The van der Waals surface area contributed by atoms with E-state index in [9.17, 15) is 34.2 Å². The summed E-state index contributed by atoms with van der Waals surface area (Å²) in [6.07, 6.45) is 0.456. The largest absolute Gasteiger partial charge is 0.500 e. The Hall–Kier alpha value is -4.97. The third kappa shape index (κ3) is 13.4. The summed E-state index contributed by atoms with van der Waals surface area (Å²) in [6, 6.07) is 16.6. The van der Waals surface area contributed by atoms with Crippen LogP contribution in [0.25, 0.3) is 0 Å². The Balaban J connectivity index is 1.67. The zero-order valence-electron chi connectivity index (χ0n) is 32.1. The average molecular weight is 784 g/mol. The molecule has 0 radical (unpaired) electrons. The van der Waals surface area contributed by atoms with Crippen molar-refractivity contribution in [1.82, 2.24) is 5.32 Å². The maximum Gasteiger partial charge on any atom is 0.500 e. The first-order chi connectivity index (χ1) is 25.9. The van der Waals surface area contributed by atoms with Gasteiger partial charge in [-0.05, 0) is 88.7 Å². The van der Waals surface area contributed by atoms with E-state index in [1.807, 2.05) is 0 Å². The second-order valence-corrected chi connectivity index (χ2v) is 16.3. The van der Waals surface area contributed by atoms with Gasteiger partial charge in [-0.25, -0.2) is 9.59 Å². The van der Waals surface area contributed by atoms with Crippen LogP contribution in [0, 0.1) is 0 Å². The minimum Gasteiger partial charge on any atom is -0.490 e. The standard InChI is InChI=1S/C39H49NO14Si/c1-38(2,46)33(41)26-12-14-31(15-13-26)51-17-19-53-36(44)29-22-28(35(43)40-16-9-21-55(48-5,49-6)50-7)23-30(24-29)37(45)54-20-18-52-32-11-8-10-27(25-32)34(42)39(3,4)47/h8,10-15,22-25,46-47H,9,16-21H2,1-7H3,(H,40,43). The highest BCUT2D eigenvalue weighted by molar-refractivity contribution is 6.60. The van der Waals surface area contributed by atoms with Gasteiger partial charge in [-0.15, -0.1) is 0 Å². The van der Waals surface area contributed by atoms with Gasteiger partial charge in [-0.1, -0.05) is 12.1 Å². The summed E-state index contributed by atoms with van der Waals surface area (Å²) in [6.45, 7) is 5.22. The molecule has 0 bridgehead atoms. The van der Waals surface area contributed by atoms with E-state index in [4.69, 9.17) is 32.2 Å². The van der Waals surface area contributed by atoms with Gasteiger partial charge in [0.1, 0.15) is 49.1 Å². The first kappa shape index (κ1) is 44.4. The third-order valence-corrected chi connectivity index (χ3v) is 10.9. The molecule has 15 nitrogen and oxygen atoms in total. The number of amides is 1. The predicted octanol–water partition coefficient (Wildman–Crippen LogP) is 4.06. The first-order valence-electron chi connectivity index (χ1n) is 17.4. The van der Waals surface area contributed by atoms with E-state index in [2.05, 4.69) is 5.32 Å². The number of rotatable bonds is 22. The van der Waals surface area contributed by atoms with Crippen molar-refractivity contribution in [3.05, 3.63) is 94.5 Å². The monoisotopic (exact) mass is 783 g/mol. The van der Waals surface area contributed by atoms with E-state index in [0.29, 0.717) is 29.5 Å². The molecule has 0 heterocycles. The van der Waals surface area contributed by atoms with E-state index < -0.39 is 49.4 Å². The number of Topliss-reactive ketones (excluding diaryl/α,β-unsaturated/α-hetero) is 2. The molecule has 0 saturated heterocycles. The van der Waals surface area contributed by atoms with Gasteiger partial charge in [-0.3, -0.25) is 14.4 Å². The molecule has 0 atom stereocenters. The number of nitrogens with one attached hydrogen (secondary N) is 1. The van der Waals surface area contributed by atoms with Gasteiger partial charge >= 0.3 is 20.7 Å². The molecule has 0 spiro atoms. The molecule has 1 amide bonds. The van der Waals surface area contributed by atoms with E-state index in [1.165, 1.54) is 85.4 Å². The molecule has 0 aliphatic carbocycles. The Kier molecular flexibility index (Phi) is 16.2. The van der Waals surface area contributed by atoms with Crippen LogP contribution in [0.3, 0.4) is 0 Å². The van der Waals surface area contributed by atoms with Gasteiger partial charge in [0.25, 0.3) is 5.91 Å². The molecule has 3 aromatic carbocycles. The van der Waals surface area contributed by atoms with Gasteiger partial charge in [0.2, 0.25) is 0 Å². The van der Waals surface area contributed by atoms with Crippen molar-refractivity contribution in [2.24, 2.45) is 0 Å². The summed E-state index contributed by atoms with van der Waals surface area (Å²) in [7, 11) is 1.60. The fourth-order valence-corrected chi connectivity index (χ4v) is 6.77. The van der Waals surface area contributed by atoms with Gasteiger partial charge in [0, 0.05) is 50.6 Å². The van der Waals surface area contributed by atoms with Gasteiger partial charge in [0.05, 0.1) is 11.1 Å². The van der Waals surface area contributed by atoms with Crippen molar-refractivity contribution in [2.75, 3.05) is 54.3 Å². The number of carbonyl (C=O) groups is 5. The third-order valence-electron chi connectivity index (χ3n) is 8.04. The second-order valence-electron chi connectivity index (χ2n) is 13.3. The highest BCUT2D eigenvalue weighted by Gasteiger charge is 2.37. The molecule has 0 saturated carbocycles. The van der Waals surface area contributed by atoms with Crippen LogP contribution in [-0.4, -0.2) is 114 Å². The number of esters is 2. The summed E-state index contributed by atoms with van der Waals surface area (Å²) < 4.78 is 38.2. The van der Waals surface area contributed by atoms with E-state index in [1.54, 1.807) is 30.3 Å². The van der Waals surface area contributed by atoms with Crippen molar-refractivity contribution >= 4 is 38.2 Å². The summed E-state index contributed by atoms with van der Waals surface area (Å²) in [4.78, 5) is 64.1. The topological polar surface area (TPSA) is 202 Å². The molecule has 55 heavy (non-hydrogen) atoms. The summed E-state index contributed by atoms with van der Waals surface area (Å²) >= 11 is 0. The molecule has 0 fully saturated rings. The lowest BCUT2D eigenvalue weighted by atomic mass is 9.97. The van der Waals surface area contributed by atoms with Crippen molar-refractivity contribution in [2.45, 2.75) is 51.4 Å². The smallest absolute Gasteiger partial charge is 0.490 e. The minimum absolute atomic E-state index is 0.00313. The normalized spacial score (nSPS) is 11.7. The summed E-state index contributed by atoms with van der Waals surface area (Å²) in [5.41, 5.74) is -2.74.